The van der Waals surface area contributed by atoms with E-state index in [4.69, 9.17) is 16.3 Å². The van der Waals surface area contributed by atoms with E-state index in [0.717, 1.165) is 0 Å². The van der Waals surface area contributed by atoms with E-state index in [0.29, 0.717) is 6.61 Å². The zero-order chi connectivity index (χ0) is 11.3. The lowest BCUT2D eigenvalue weighted by molar-refractivity contribution is -0.385. The summed E-state index contributed by atoms with van der Waals surface area (Å²) in [6.07, 6.45) is 3.56. The zero-order valence-electron chi connectivity index (χ0n) is 8.01. The Morgan fingerprint density at radius 1 is 1.67 bits per heavy atom. The SMILES string of the molecule is C/C=C/COc1cc([N+](=O)[O-])cc(Cl)n1. The summed E-state index contributed by atoms with van der Waals surface area (Å²) in [6.45, 7) is 2.15. The highest BCUT2D eigenvalue weighted by Gasteiger charge is 2.10. The molecule has 0 N–H and O–H groups in total. The van der Waals surface area contributed by atoms with Crippen molar-refractivity contribution in [1.29, 1.82) is 0 Å². The van der Waals surface area contributed by atoms with Gasteiger partial charge < -0.3 is 4.74 Å². The number of nitro groups is 1. The number of halogens is 1. The highest BCUT2D eigenvalue weighted by Crippen LogP contribution is 2.21. The second-order valence-corrected chi connectivity index (χ2v) is 3.01. The summed E-state index contributed by atoms with van der Waals surface area (Å²) in [5, 5.41) is 10.5. The van der Waals surface area contributed by atoms with Crippen LogP contribution in [0.3, 0.4) is 0 Å². The van der Waals surface area contributed by atoms with Crippen LogP contribution < -0.4 is 4.74 Å². The zero-order valence-corrected chi connectivity index (χ0v) is 8.77. The Balaban J connectivity index is 2.84. The van der Waals surface area contributed by atoms with E-state index in [9.17, 15) is 10.1 Å². The number of ether oxygens (including phenoxy) is 1. The van der Waals surface area contributed by atoms with Gasteiger partial charge in [0.2, 0.25) is 5.88 Å². The highest BCUT2D eigenvalue weighted by atomic mass is 35.5. The van der Waals surface area contributed by atoms with Crippen LogP contribution >= 0.6 is 11.6 Å². The molecule has 80 valence electrons. The summed E-state index contributed by atoms with van der Waals surface area (Å²) in [5.74, 6) is 0.146. The van der Waals surface area contributed by atoms with Gasteiger partial charge in [0.05, 0.1) is 17.1 Å². The van der Waals surface area contributed by atoms with Crippen LogP contribution in [-0.2, 0) is 0 Å². The van der Waals surface area contributed by atoms with Gasteiger partial charge >= 0.3 is 0 Å². The third kappa shape index (κ3) is 3.55. The van der Waals surface area contributed by atoms with Gasteiger partial charge in [-0.1, -0.05) is 23.8 Å². The van der Waals surface area contributed by atoms with Crippen LogP contribution in [0.15, 0.2) is 24.3 Å². The quantitative estimate of drug-likeness (QED) is 0.344. The molecular weight excluding hydrogens is 220 g/mol. The predicted octanol–water partition coefficient (Wildman–Crippen LogP) is 2.60. The standard InChI is InChI=1S/C9H9ClN2O3/c1-2-3-4-15-9-6-7(12(13)14)5-8(10)11-9/h2-3,5-6H,4H2,1H3/b3-2+. The van der Waals surface area contributed by atoms with Gasteiger partial charge in [-0.25, -0.2) is 4.98 Å². The van der Waals surface area contributed by atoms with Crippen LogP contribution in [0.1, 0.15) is 6.92 Å². The molecule has 0 unspecified atom stereocenters. The molecule has 0 radical (unpaired) electrons. The number of aromatic nitrogens is 1. The first-order chi connectivity index (χ1) is 7.13. The normalized spacial score (nSPS) is 10.5. The Bertz CT molecular complexity index is 393. The third-order valence-electron chi connectivity index (χ3n) is 1.53. The molecule has 15 heavy (non-hydrogen) atoms. The molecule has 0 aliphatic carbocycles. The van der Waals surface area contributed by atoms with Gasteiger partial charge in [0.1, 0.15) is 11.8 Å². The van der Waals surface area contributed by atoms with Crippen molar-refractivity contribution in [3.05, 3.63) is 39.6 Å². The Morgan fingerprint density at radius 2 is 2.40 bits per heavy atom. The van der Waals surface area contributed by atoms with Crippen LogP contribution in [0.25, 0.3) is 0 Å². The largest absolute Gasteiger partial charge is 0.473 e. The molecule has 5 nitrogen and oxygen atoms in total. The molecule has 1 aromatic rings. The molecule has 0 aromatic carbocycles. The number of rotatable bonds is 4. The number of nitrogens with zero attached hydrogens (tertiary/aromatic N) is 2. The van der Waals surface area contributed by atoms with Crippen LogP contribution in [0, 0.1) is 10.1 Å². The highest BCUT2D eigenvalue weighted by molar-refractivity contribution is 6.29. The summed E-state index contributed by atoms with van der Waals surface area (Å²) < 4.78 is 5.13. The fourth-order valence-electron chi connectivity index (χ4n) is 0.869. The maximum atomic E-state index is 10.5. The van der Waals surface area contributed by atoms with Crippen molar-refractivity contribution >= 4 is 17.3 Å². The average Bonchev–Trinajstić information content (AvgIpc) is 2.17. The van der Waals surface area contributed by atoms with Gasteiger partial charge in [0, 0.05) is 0 Å². The van der Waals surface area contributed by atoms with Crippen LogP contribution in [0.5, 0.6) is 5.88 Å². The van der Waals surface area contributed by atoms with Gasteiger partial charge in [-0.15, -0.1) is 0 Å². The number of hydrogen-bond donors (Lipinski definition) is 0. The summed E-state index contributed by atoms with van der Waals surface area (Å²) >= 11 is 5.59. The van der Waals surface area contributed by atoms with E-state index in [1.165, 1.54) is 12.1 Å². The Morgan fingerprint density at radius 3 is 3.00 bits per heavy atom. The van der Waals surface area contributed by atoms with Crippen molar-refractivity contribution < 1.29 is 9.66 Å². The predicted molar refractivity (Wildman–Crippen MR) is 56.2 cm³/mol. The molecule has 0 atom stereocenters. The minimum atomic E-state index is -0.546. The molecule has 0 aliphatic rings. The van der Waals surface area contributed by atoms with Crippen LogP contribution in [0.2, 0.25) is 5.15 Å². The van der Waals surface area contributed by atoms with Crippen molar-refractivity contribution in [3.8, 4) is 5.88 Å². The molecule has 1 heterocycles. The fraction of sp³-hybridized carbons (Fsp3) is 0.222. The van der Waals surface area contributed by atoms with Crippen molar-refractivity contribution in [1.82, 2.24) is 4.98 Å². The molecule has 0 bridgehead atoms. The topological polar surface area (TPSA) is 65.3 Å². The van der Waals surface area contributed by atoms with E-state index in [1.807, 2.05) is 6.92 Å². The third-order valence-corrected chi connectivity index (χ3v) is 1.72. The summed E-state index contributed by atoms with van der Waals surface area (Å²) in [6, 6.07) is 2.40. The number of pyridine rings is 1. The van der Waals surface area contributed by atoms with E-state index in [-0.39, 0.29) is 16.7 Å². The number of hydrogen-bond acceptors (Lipinski definition) is 4. The monoisotopic (exact) mass is 228 g/mol. The van der Waals surface area contributed by atoms with Crippen molar-refractivity contribution in [2.45, 2.75) is 6.92 Å². The van der Waals surface area contributed by atoms with Crippen LogP contribution in [0.4, 0.5) is 5.69 Å². The molecule has 0 fully saturated rings. The maximum absolute atomic E-state index is 10.5. The van der Waals surface area contributed by atoms with Gasteiger partial charge in [-0.2, -0.15) is 0 Å². The molecule has 0 saturated carbocycles. The number of allylic oxidation sites excluding steroid dienone is 1. The molecule has 0 spiro atoms. The molecule has 1 rings (SSSR count). The lowest BCUT2D eigenvalue weighted by Crippen LogP contribution is -1.97. The lowest BCUT2D eigenvalue weighted by atomic mass is 10.4. The second kappa shape index (κ2) is 5.31. The smallest absolute Gasteiger partial charge is 0.277 e. The maximum Gasteiger partial charge on any atom is 0.277 e. The molecule has 6 heteroatoms. The van der Waals surface area contributed by atoms with Crippen molar-refractivity contribution in [2.24, 2.45) is 0 Å². The van der Waals surface area contributed by atoms with E-state index >= 15 is 0 Å². The van der Waals surface area contributed by atoms with Gasteiger partial charge in [0.25, 0.3) is 5.69 Å². The van der Waals surface area contributed by atoms with E-state index < -0.39 is 4.92 Å². The van der Waals surface area contributed by atoms with Gasteiger partial charge in [-0.3, -0.25) is 10.1 Å². The molecular formula is C9H9ClN2O3. The van der Waals surface area contributed by atoms with E-state index in [1.54, 1.807) is 12.2 Å². The minimum Gasteiger partial charge on any atom is -0.473 e. The Kier molecular flexibility index (Phi) is 4.05. The lowest BCUT2D eigenvalue weighted by Gasteiger charge is -2.01. The first-order valence-corrected chi connectivity index (χ1v) is 4.57. The minimum absolute atomic E-state index is 0.0414. The second-order valence-electron chi connectivity index (χ2n) is 2.62. The van der Waals surface area contributed by atoms with Gasteiger partial charge in [-0.05, 0) is 6.92 Å². The Hall–Kier alpha value is -1.62. The Labute approximate surface area is 91.5 Å². The average molecular weight is 229 g/mol. The first-order valence-electron chi connectivity index (χ1n) is 4.19. The first kappa shape index (κ1) is 11.5. The summed E-state index contributed by atoms with van der Waals surface area (Å²) in [5.41, 5.74) is -0.134. The van der Waals surface area contributed by atoms with Crippen LogP contribution in [-0.4, -0.2) is 16.5 Å². The van der Waals surface area contributed by atoms with Gasteiger partial charge in [0.15, 0.2) is 0 Å². The van der Waals surface area contributed by atoms with Crippen molar-refractivity contribution in [2.75, 3.05) is 6.61 Å². The fourth-order valence-corrected chi connectivity index (χ4v) is 1.06. The summed E-state index contributed by atoms with van der Waals surface area (Å²) in [7, 11) is 0. The van der Waals surface area contributed by atoms with E-state index in [2.05, 4.69) is 4.98 Å². The van der Waals surface area contributed by atoms with Crippen molar-refractivity contribution in [3.63, 3.8) is 0 Å². The summed E-state index contributed by atoms with van der Waals surface area (Å²) in [4.78, 5) is 13.7. The molecule has 1 aromatic heterocycles. The molecule has 0 saturated heterocycles. The molecule has 0 amide bonds. The molecule has 0 aliphatic heterocycles.